The van der Waals surface area contributed by atoms with E-state index in [0.717, 1.165) is 18.2 Å². The molecule has 0 saturated carbocycles. The third-order valence-corrected chi connectivity index (χ3v) is 2.06. The summed E-state index contributed by atoms with van der Waals surface area (Å²) >= 11 is 0. The van der Waals surface area contributed by atoms with Crippen molar-refractivity contribution in [2.45, 2.75) is 18.3 Å². The second kappa shape index (κ2) is 5.44. The average Bonchev–Trinajstić information content (AvgIpc) is 2.18. The third kappa shape index (κ3) is 3.65. The molecule has 1 aromatic carbocycles. The first kappa shape index (κ1) is 15.8. The highest BCUT2D eigenvalue weighted by Crippen LogP contribution is 2.32. The van der Waals surface area contributed by atoms with Crippen molar-refractivity contribution < 1.29 is 28.5 Å². The lowest BCUT2D eigenvalue weighted by Crippen LogP contribution is -2.38. The van der Waals surface area contributed by atoms with Gasteiger partial charge in [0.05, 0.1) is 6.04 Å². The molecule has 2 atom stereocenters. The maximum absolute atomic E-state index is 12.1. The minimum Gasteiger partial charge on any atom is -0.504 e. The number of phenols is 2. The van der Waals surface area contributed by atoms with Gasteiger partial charge < -0.3 is 21.1 Å². The Morgan fingerprint density at radius 3 is 2.06 bits per heavy atom. The summed E-state index contributed by atoms with van der Waals surface area (Å²) < 4.78 is 36.4. The molecule has 0 heterocycles. The molecule has 0 unspecified atom stereocenters. The van der Waals surface area contributed by atoms with Gasteiger partial charge in [-0.2, -0.15) is 13.2 Å². The van der Waals surface area contributed by atoms with E-state index < -0.39 is 29.8 Å². The Morgan fingerprint density at radius 1 is 1.12 bits per heavy atom. The normalized spacial score (nSPS) is 14.9. The van der Waals surface area contributed by atoms with Crippen LogP contribution in [-0.4, -0.2) is 27.6 Å². The second-order valence-corrected chi connectivity index (χ2v) is 3.26. The Hall–Kier alpha value is -1.18. The zero-order chi connectivity index (χ0) is 12.5. The summed E-state index contributed by atoms with van der Waals surface area (Å²) in [6.45, 7) is 0. The van der Waals surface area contributed by atoms with E-state index in [1.165, 1.54) is 0 Å². The Balaban J connectivity index is 0.00000256. The lowest BCUT2D eigenvalue weighted by Gasteiger charge is -2.21. The number of aliphatic hydroxyl groups is 1. The molecule has 1 rings (SSSR count). The summed E-state index contributed by atoms with van der Waals surface area (Å²) in [7, 11) is 0. The van der Waals surface area contributed by atoms with Gasteiger partial charge in [-0.05, 0) is 17.7 Å². The molecule has 5 N–H and O–H groups in total. The van der Waals surface area contributed by atoms with Gasteiger partial charge in [0.15, 0.2) is 17.6 Å². The molecule has 0 amide bonds. The van der Waals surface area contributed by atoms with Gasteiger partial charge in [-0.1, -0.05) is 6.07 Å². The molecule has 0 bridgehead atoms. The lowest BCUT2D eigenvalue weighted by molar-refractivity contribution is -0.210. The number of alkyl halides is 3. The van der Waals surface area contributed by atoms with Crippen molar-refractivity contribution in [1.82, 2.24) is 0 Å². The maximum atomic E-state index is 12.1. The number of hydrogen-bond donors (Lipinski definition) is 4. The van der Waals surface area contributed by atoms with Gasteiger partial charge in [0.25, 0.3) is 0 Å². The molecule has 0 saturated heterocycles. The quantitative estimate of drug-likeness (QED) is 0.614. The maximum Gasteiger partial charge on any atom is 0.416 e. The SMILES string of the molecule is Cl.N[C@H](c1ccc(O)c(O)c1)[C@@H](O)C(F)(F)F. The van der Waals surface area contributed by atoms with Crippen LogP contribution in [0.3, 0.4) is 0 Å². The van der Waals surface area contributed by atoms with E-state index >= 15 is 0 Å². The zero-order valence-electron chi connectivity index (χ0n) is 8.35. The molecule has 1 aromatic rings. The van der Waals surface area contributed by atoms with E-state index in [1.807, 2.05) is 0 Å². The average molecular weight is 274 g/mol. The van der Waals surface area contributed by atoms with Crippen LogP contribution >= 0.6 is 12.4 Å². The van der Waals surface area contributed by atoms with Crippen LogP contribution in [0.2, 0.25) is 0 Å². The number of benzene rings is 1. The third-order valence-electron chi connectivity index (χ3n) is 2.06. The van der Waals surface area contributed by atoms with Crippen LogP contribution in [0.25, 0.3) is 0 Å². The molecule has 4 nitrogen and oxygen atoms in total. The molecule has 0 aromatic heterocycles. The first-order valence-electron chi connectivity index (χ1n) is 4.25. The Bertz CT molecular complexity index is 386. The molecule has 0 radical (unpaired) electrons. The highest BCUT2D eigenvalue weighted by molar-refractivity contribution is 5.85. The van der Waals surface area contributed by atoms with Gasteiger partial charge in [-0.25, -0.2) is 0 Å². The topological polar surface area (TPSA) is 86.7 Å². The number of halogens is 4. The van der Waals surface area contributed by atoms with E-state index in [4.69, 9.17) is 21.1 Å². The first-order chi connectivity index (χ1) is 7.23. The number of rotatable bonds is 2. The van der Waals surface area contributed by atoms with Gasteiger partial charge in [-0.3, -0.25) is 0 Å². The van der Waals surface area contributed by atoms with Crippen molar-refractivity contribution in [2.75, 3.05) is 0 Å². The molecule has 17 heavy (non-hydrogen) atoms. The van der Waals surface area contributed by atoms with E-state index in [9.17, 15) is 13.2 Å². The smallest absolute Gasteiger partial charge is 0.416 e. The monoisotopic (exact) mass is 273 g/mol. The molecule has 0 aliphatic carbocycles. The van der Waals surface area contributed by atoms with Crippen molar-refractivity contribution in [2.24, 2.45) is 5.73 Å². The molecule has 0 spiro atoms. The lowest BCUT2D eigenvalue weighted by atomic mass is 10.0. The molecule has 0 fully saturated rings. The summed E-state index contributed by atoms with van der Waals surface area (Å²) in [4.78, 5) is 0. The predicted molar refractivity (Wildman–Crippen MR) is 56.0 cm³/mol. The predicted octanol–water partition coefficient (Wildman–Crippen LogP) is 1.44. The van der Waals surface area contributed by atoms with E-state index in [-0.39, 0.29) is 18.0 Å². The van der Waals surface area contributed by atoms with Crippen molar-refractivity contribution in [3.63, 3.8) is 0 Å². The second-order valence-electron chi connectivity index (χ2n) is 3.26. The van der Waals surface area contributed by atoms with Gasteiger partial charge in [-0.15, -0.1) is 12.4 Å². The van der Waals surface area contributed by atoms with Crippen LogP contribution in [0.1, 0.15) is 11.6 Å². The van der Waals surface area contributed by atoms with Gasteiger partial charge in [0.2, 0.25) is 0 Å². The van der Waals surface area contributed by atoms with Crippen molar-refractivity contribution in [3.8, 4) is 11.5 Å². The number of nitrogens with two attached hydrogens (primary N) is 1. The van der Waals surface area contributed by atoms with E-state index in [1.54, 1.807) is 0 Å². The van der Waals surface area contributed by atoms with Gasteiger partial charge in [0, 0.05) is 0 Å². The summed E-state index contributed by atoms with van der Waals surface area (Å²) in [5.41, 5.74) is 5.06. The molecular formula is C9H11ClF3NO3. The Labute approximate surface area is 101 Å². The largest absolute Gasteiger partial charge is 0.504 e. The minimum atomic E-state index is -4.84. The summed E-state index contributed by atoms with van der Waals surface area (Å²) in [5.74, 6) is -1.07. The number of phenolic OH excluding ortho intramolecular Hbond substituents is 2. The van der Waals surface area contributed by atoms with Crippen LogP contribution < -0.4 is 5.73 Å². The Kier molecular flexibility index (Phi) is 5.06. The summed E-state index contributed by atoms with van der Waals surface area (Å²) in [6.07, 6.45) is -7.57. The van der Waals surface area contributed by atoms with Crippen LogP contribution in [0.4, 0.5) is 13.2 Å². The fourth-order valence-corrected chi connectivity index (χ4v) is 1.13. The van der Waals surface area contributed by atoms with Crippen molar-refractivity contribution in [3.05, 3.63) is 23.8 Å². The van der Waals surface area contributed by atoms with Crippen LogP contribution in [0, 0.1) is 0 Å². The van der Waals surface area contributed by atoms with Gasteiger partial charge >= 0.3 is 6.18 Å². The van der Waals surface area contributed by atoms with Crippen LogP contribution in [-0.2, 0) is 0 Å². The molecular weight excluding hydrogens is 263 g/mol. The van der Waals surface area contributed by atoms with E-state index in [2.05, 4.69) is 0 Å². The summed E-state index contributed by atoms with van der Waals surface area (Å²) in [5, 5.41) is 26.9. The fourth-order valence-electron chi connectivity index (χ4n) is 1.13. The highest BCUT2D eigenvalue weighted by Gasteiger charge is 2.42. The minimum absolute atomic E-state index is 0. The zero-order valence-corrected chi connectivity index (χ0v) is 9.16. The molecule has 8 heteroatoms. The number of hydrogen-bond acceptors (Lipinski definition) is 4. The van der Waals surface area contributed by atoms with Crippen molar-refractivity contribution >= 4 is 12.4 Å². The van der Waals surface area contributed by atoms with E-state index in [0.29, 0.717) is 0 Å². The first-order valence-corrected chi connectivity index (χ1v) is 4.25. The van der Waals surface area contributed by atoms with Crippen LogP contribution in [0.15, 0.2) is 18.2 Å². The van der Waals surface area contributed by atoms with Gasteiger partial charge in [0.1, 0.15) is 0 Å². The molecule has 0 aliphatic rings. The Morgan fingerprint density at radius 2 is 1.65 bits per heavy atom. The summed E-state index contributed by atoms with van der Waals surface area (Å²) in [6, 6.07) is 1.24. The van der Waals surface area contributed by atoms with Crippen LogP contribution in [0.5, 0.6) is 11.5 Å². The fraction of sp³-hybridized carbons (Fsp3) is 0.333. The highest BCUT2D eigenvalue weighted by atomic mass is 35.5. The molecule has 98 valence electrons. The number of aliphatic hydroxyl groups excluding tert-OH is 1. The molecule has 0 aliphatic heterocycles. The standard InChI is InChI=1S/C9H10F3NO3.ClH/c10-9(11,12)8(16)7(13)4-1-2-5(14)6(15)3-4;/h1-3,7-8,14-16H,13H2;1H/t7-,8-;/m1./s1. The van der Waals surface area contributed by atoms with Crippen molar-refractivity contribution in [1.29, 1.82) is 0 Å². The number of aromatic hydroxyl groups is 2.